The van der Waals surface area contributed by atoms with Gasteiger partial charge in [-0.25, -0.2) is 0 Å². The first kappa shape index (κ1) is 14.6. The Hall–Kier alpha value is -2.37. The van der Waals surface area contributed by atoms with E-state index >= 15 is 0 Å². The van der Waals surface area contributed by atoms with Gasteiger partial charge < -0.3 is 14.8 Å². The molecule has 0 bridgehead atoms. The third-order valence-corrected chi connectivity index (χ3v) is 4.18. The molecule has 3 rings (SSSR count). The van der Waals surface area contributed by atoms with E-state index in [9.17, 15) is 4.79 Å². The van der Waals surface area contributed by atoms with Crippen LogP contribution in [0.5, 0.6) is 0 Å². The van der Waals surface area contributed by atoms with E-state index in [1.165, 1.54) is 11.3 Å². The average molecular weight is 313 g/mol. The highest BCUT2D eigenvalue weighted by Gasteiger charge is 2.10. The Kier molecular flexibility index (Phi) is 4.09. The number of aryl methyl sites for hydroxylation is 1. The summed E-state index contributed by atoms with van der Waals surface area (Å²) in [6, 6.07) is 12.9. The number of carbonyl (C=O) groups excluding carboxylic acids is 1. The second kappa shape index (κ2) is 6.17. The first-order chi connectivity index (χ1) is 10.7. The van der Waals surface area contributed by atoms with E-state index in [-0.39, 0.29) is 12.5 Å². The number of nitrogens with one attached hydrogen (secondary N) is 1. The van der Waals surface area contributed by atoms with Crippen LogP contribution in [0.3, 0.4) is 0 Å². The Morgan fingerprint density at radius 1 is 1.27 bits per heavy atom. The molecule has 112 valence electrons. The van der Waals surface area contributed by atoms with E-state index < -0.39 is 0 Å². The van der Waals surface area contributed by atoms with Gasteiger partial charge in [0.1, 0.15) is 18.1 Å². The summed E-state index contributed by atoms with van der Waals surface area (Å²) in [4.78, 5) is 12.7. The SMILES string of the molecule is Cc1cc(NC(=O)c2cccs2)ccc1-c1ccc(CO)o1. The molecule has 0 aliphatic rings. The van der Waals surface area contributed by atoms with Crippen molar-refractivity contribution in [1.29, 1.82) is 0 Å². The molecule has 0 aliphatic heterocycles. The van der Waals surface area contributed by atoms with Gasteiger partial charge in [-0.05, 0) is 54.3 Å². The van der Waals surface area contributed by atoms with Crippen molar-refractivity contribution in [2.45, 2.75) is 13.5 Å². The zero-order chi connectivity index (χ0) is 15.5. The van der Waals surface area contributed by atoms with Gasteiger partial charge in [0.25, 0.3) is 5.91 Å². The van der Waals surface area contributed by atoms with Crippen LogP contribution in [-0.4, -0.2) is 11.0 Å². The first-order valence-corrected chi connectivity index (χ1v) is 7.71. The van der Waals surface area contributed by atoms with Crippen LogP contribution in [0.4, 0.5) is 5.69 Å². The Labute approximate surface area is 132 Å². The maximum Gasteiger partial charge on any atom is 0.265 e. The van der Waals surface area contributed by atoms with Crippen LogP contribution >= 0.6 is 11.3 Å². The molecule has 2 heterocycles. The predicted molar refractivity (Wildman–Crippen MR) is 87.1 cm³/mol. The van der Waals surface area contributed by atoms with Crippen molar-refractivity contribution in [1.82, 2.24) is 0 Å². The smallest absolute Gasteiger partial charge is 0.265 e. The summed E-state index contributed by atoms with van der Waals surface area (Å²) in [7, 11) is 0. The summed E-state index contributed by atoms with van der Waals surface area (Å²) in [5, 5.41) is 13.8. The van der Waals surface area contributed by atoms with Crippen LogP contribution in [0.2, 0.25) is 0 Å². The number of aliphatic hydroxyl groups is 1. The largest absolute Gasteiger partial charge is 0.459 e. The minimum atomic E-state index is -0.117. The first-order valence-electron chi connectivity index (χ1n) is 6.83. The molecule has 2 aromatic heterocycles. The number of hydrogen-bond acceptors (Lipinski definition) is 4. The van der Waals surface area contributed by atoms with Crippen LogP contribution < -0.4 is 5.32 Å². The van der Waals surface area contributed by atoms with Crippen LogP contribution in [-0.2, 0) is 6.61 Å². The fraction of sp³-hybridized carbons (Fsp3) is 0.118. The van der Waals surface area contributed by atoms with Crippen molar-refractivity contribution < 1.29 is 14.3 Å². The van der Waals surface area contributed by atoms with Crippen molar-refractivity contribution in [3.63, 3.8) is 0 Å². The maximum atomic E-state index is 12.0. The summed E-state index contributed by atoms with van der Waals surface area (Å²) in [5.74, 6) is 1.13. The van der Waals surface area contributed by atoms with Gasteiger partial charge in [0.15, 0.2) is 0 Å². The predicted octanol–water partition coefficient (Wildman–Crippen LogP) is 4.06. The standard InChI is InChI=1S/C17H15NO3S/c1-11-9-12(18-17(20)16-3-2-8-22-16)4-6-14(11)15-7-5-13(10-19)21-15/h2-9,19H,10H2,1H3,(H,18,20). The molecular formula is C17H15NO3S. The number of carbonyl (C=O) groups is 1. The van der Waals surface area contributed by atoms with E-state index in [2.05, 4.69) is 5.32 Å². The van der Waals surface area contributed by atoms with Crippen LogP contribution in [0.25, 0.3) is 11.3 Å². The Balaban J connectivity index is 1.81. The van der Waals surface area contributed by atoms with Crippen LogP contribution in [0, 0.1) is 6.92 Å². The highest BCUT2D eigenvalue weighted by atomic mass is 32.1. The monoisotopic (exact) mass is 313 g/mol. The van der Waals surface area contributed by atoms with Crippen molar-refractivity contribution in [2.75, 3.05) is 5.32 Å². The lowest BCUT2D eigenvalue weighted by atomic mass is 10.1. The number of thiophene rings is 1. The molecule has 1 amide bonds. The van der Waals surface area contributed by atoms with Crippen molar-refractivity contribution in [3.05, 3.63) is 64.0 Å². The van der Waals surface area contributed by atoms with E-state index in [1.54, 1.807) is 12.1 Å². The molecule has 3 aromatic rings. The van der Waals surface area contributed by atoms with Crippen molar-refractivity contribution in [3.8, 4) is 11.3 Å². The number of anilines is 1. The average Bonchev–Trinajstić information content (AvgIpc) is 3.19. The normalized spacial score (nSPS) is 10.6. The number of rotatable bonds is 4. The molecule has 1 aromatic carbocycles. The highest BCUT2D eigenvalue weighted by Crippen LogP contribution is 2.28. The highest BCUT2D eigenvalue weighted by molar-refractivity contribution is 7.12. The van der Waals surface area contributed by atoms with Gasteiger partial charge in [0.05, 0.1) is 4.88 Å². The van der Waals surface area contributed by atoms with Gasteiger partial charge in [-0.2, -0.15) is 0 Å². The molecule has 0 spiro atoms. The Bertz CT molecular complexity index is 790. The van der Waals surface area contributed by atoms with Gasteiger partial charge in [-0.3, -0.25) is 4.79 Å². The van der Waals surface area contributed by atoms with E-state index in [0.29, 0.717) is 16.4 Å². The number of benzene rings is 1. The van der Waals surface area contributed by atoms with Gasteiger partial charge in [0.2, 0.25) is 0 Å². The number of amides is 1. The molecule has 0 atom stereocenters. The number of aliphatic hydroxyl groups excluding tert-OH is 1. The molecular weight excluding hydrogens is 298 g/mol. The van der Waals surface area contributed by atoms with Gasteiger partial charge in [0, 0.05) is 11.3 Å². The summed E-state index contributed by atoms with van der Waals surface area (Å²) in [5.41, 5.74) is 2.67. The molecule has 5 heteroatoms. The van der Waals surface area contributed by atoms with Crippen molar-refractivity contribution in [2.24, 2.45) is 0 Å². The molecule has 0 saturated heterocycles. The third kappa shape index (κ3) is 2.95. The number of furan rings is 1. The topological polar surface area (TPSA) is 62.5 Å². The maximum absolute atomic E-state index is 12.0. The Morgan fingerprint density at radius 2 is 2.14 bits per heavy atom. The van der Waals surface area contributed by atoms with Gasteiger partial charge in [-0.15, -0.1) is 11.3 Å². The van der Waals surface area contributed by atoms with Crippen molar-refractivity contribution >= 4 is 22.9 Å². The zero-order valence-corrected chi connectivity index (χ0v) is 12.8. The summed E-state index contributed by atoms with van der Waals surface area (Å²) in [6.07, 6.45) is 0. The minimum Gasteiger partial charge on any atom is -0.459 e. The minimum absolute atomic E-state index is 0.109. The quantitative estimate of drug-likeness (QED) is 0.763. The lowest BCUT2D eigenvalue weighted by molar-refractivity contribution is 0.103. The summed E-state index contributed by atoms with van der Waals surface area (Å²) >= 11 is 1.41. The van der Waals surface area contributed by atoms with E-state index in [1.807, 2.05) is 42.6 Å². The molecule has 0 aliphatic carbocycles. The zero-order valence-electron chi connectivity index (χ0n) is 12.0. The van der Waals surface area contributed by atoms with Gasteiger partial charge in [-0.1, -0.05) is 6.07 Å². The molecule has 2 N–H and O–H groups in total. The van der Waals surface area contributed by atoms with E-state index in [0.717, 1.165) is 16.8 Å². The fourth-order valence-corrected chi connectivity index (χ4v) is 2.84. The fourth-order valence-electron chi connectivity index (χ4n) is 2.23. The van der Waals surface area contributed by atoms with Crippen LogP contribution in [0.1, 0.15) is 21.0 Å². The van der Waals surface area contributed by atoms with Gasteiger partial charge >= 0.3 is 0 Å². The second-order valence-corrected chi connectivity index (χ2v) is 5.83. The molecule has 0 fully saturated rings. The second-order valence-electron chi connectivity index (χ2n) is 4.89. The molecule has 0 saturated carbocycles. The molecule has 0 radical (unpaired) electrons. The lowest BCUT2D eigenvalue weighted by Crippen LogP contribution is -2.10. The summed E-state index contributed by atoms with van der Waals surface area (Å²) < 4.78 is 5.54. The summed E-state index contributed by atoms with van der Waals surface area (Å²) in [6.45, 7) is 1.84. The van der Waals surface area contributed by atoms with Crippen LogP contribution in [0.15, 0.2) is 52.3 Å². The molecule has 22 heavy (non-hydrogen) atoms. The molecule has 0 unspecified atom stereocenters. The third-order valence-electron chi connectivity index (χ3n) is 3.31. The lowest BCUT2D eigenvalue weighted by Gasteiger charge is -2.08. The Morgan fingerprint density at radius 3 is 2.77 bits per heavy atom. The number of hydrogen-bond donors (Lipinski definition) is 2. The molecule has 4 nitrogen and oxygen atoms in total. The van der Waals surface area contributed by atoms with E-state index in [4.69, 9.17) is 9.52 Å².